The molecule has 0 aliphatic carbocycles. The van der Waals surface area contributed by atoms with E-state index in [2.05, 4.69) is 10.6 Å². The van der Waals surface area contributed by atoms with Gasteiger partial charge >= 0.3 is 8.25 Å². The summed E-state index contributed by atoms with van der Waals surface area (Å²) in [5.41, 5.74) is 10.7. The van der Waals surface area contributed by atoms with Gasteiger partial charge in [-0.15, -0.1) is 0 Å². The first-order valence-electron chi connectivity index (χ1n) is 6.75. The van der Waals surface area contributed by atoms with Crippen LogP contribution >= 0.6 is 32.3 Å². The van der Waals surface area contributed by atoms with Gasteiger partial charge in [0.05, 0.1) is 0 Å². The molecule has 0 saturated heterocycles. The predicted octanol–water partition coefficient (Wildman–Crippen LogP) is 0.583. The highest BCUT2D eigenvalue weighted by molar-refractivity contribution is 8.00. The van der Waals surface area contributed by atoms with Crippen molar-refractivity contribution < 1.29 is 12.5 Å². The van der Waals surface area contributed by atoms with Gasteiger partial charge in [0.25, 0.3) is 0 Å². The maximum atomic E-state index is 11.3. The molecule has 20 heavy (non-hydrogen) atoms. The molecule has 0 spiro atoms. The van der Waals surface area contributed by atoms with Gasteiger partial charge in [0.1, 0.15) is 0 Å². The molecule has 0 fully saturated rings. The fourth-order valence-electron chi connectivity index (χ4n) is 1.13. The summed E-state index contributed by atoms with van der Waals surface area (Å²) in [5, 5.41) is 6.40. The second-order valence-electron chi connectivity index (χ2n) is 3.85. The quantitative estimate of drug-likeness (QED) is 0.181. The topological polar surface area (TPSA) is 112 Å². The highest BCUT2D eigenvalue weighted by Gasteiger charge is 2.01. The molecule has 0 rings (SSSR count). The van der Waals surface area contributed by atoms with Crippen molar-refractivity contribution in [2.75, 3.05) is 50.8 Å². The Balaban J connectivity index is 3.13. The predicted molar refractivity (Wildman–Crippen MR) is 89.2 cm³/mol. The van der Waals surface area contributed by atoms with E-state index < -0.39 is 8.25 Å². The lowest BCUT2D eigenvalue weighted by atomic mass is 10.4. The Bertz CT molecular complexity index is 211. The molecule has 0 bridgehead atoms. The van der Waals surface area contributed by atoms with Crippen molar-refractivity contribution >= 4 is 32.3 Å². The lowest BCUT2D eigenvalue weighted by Crippen LogP contribution is -2.20. The Labute approximate surface area is 131 Å². The lowest BCUT2D eigenvalue weighted by molar-refractivity contribution is 0.462. The van der Waals surface area contributed by atoms with E-state index in [1.165, 1.54) is 24.1 Å². The van der Waals surface area contributed by atoms with Crippen molar-refractivity contribution in [2.24, 2.45) is 11.5 Å². The molecule has 0 atom stereocenters. The first-order valence-corrected chi connectivity index (χ1v) is 9.80. The third-order valence-electron chi connectivity index (χ3n) is 2.09. The monoisotopic (exact) mass is 346 g/mol. The summed E-state index contributed by atoms with van der Waals surface area (Å²) in [4.78, 5) is 0. The summed E-state index contributed by atoms with van der Waals surface area (Å²) in [5.74, 6) is 1.46. The molecule has 6 N–H and O–H groups in total. The summed E-state index contributed by atoms with van der Waals surface area (Å²) in [7, 11) is -2.40. The Morgan fingerprint density at radius 2 is 1.30 bits per heavy atom. The second kappa shape index (κ2) is 17.7. The van der Waals surface area contributed by atoms with Crippen molar-refractivity contribution in [2.45, 2.75) is 12.8 Å². The van der Waals surface area contributed by atoms with Crippen molar-refractivity contribution in [1.29, 1.82) is 0 Å². The fraction of sp³-hybridized carbons (Fsp3) is 1.00. The normalized spacial score (nSPS) is 11.3. The molecule has 0 aliphatic heterocycles. The number of nitrogens with one attached hydrogen (secondary N) is 2. The minimum Gasteiger partial charge on any atom is -0.330 e. The minimum absolute atomic E-state index is 0.691. The number of rotatable bonds is 16. The van der Waals surface area contributed by atoms with Crippen molar-refractivity contribution in [3.05, 3.63) is 0 Å². The zero-order valence-electron chi connectivity index (χ0n) is 11.8. The van der Waals surface area contributed by atoms with E-state index >= 15 is 0 Å². The largest absolute Gasteiger partial charge is 0.341 e. The van der Waals surface area contributed by atoms with Gasteiger partial charge in [0.15, 0.2) is 0 Å². The van der Waals surface area contributed by atoms with Gasteiger partial charge in [-0.1, -0.05) is 0 Å². The van der Waals surface area contributed by atoms with Gasteiger partial charge in [-0.05, 0) is 39.0 Å². The Hall–Kier alpha value is 0.690. The van der Waals surface area contributed by atoms with Gasteiger partial charge in [-0.3, -0.25) is 4.57 Å². The number of hydrogen-bond donors (Lipinski definition) is 4. The SMILES string of the molecule is NCCCNCCSO[PH](=O)OSCCNCCCN. The van der Waals surface area contributed by atoms with Crippen LogP contribution in [0.2, 0.25) is 0 Å². The molecule has 0 aromatic rings. The van der Waals surface area contributed by atoms with E-state index in [9.17, 15) is 4.57 Å². The lowest BCUT2D eigenvalue weighted by Gasteiger charge is -2.05. The first-order chi connectivity index (χ1) is 9.81. The van der Waals surface area contributed by atoms with Crippen LogP contribution in [-0.2, 0) is 12.5 Å². The van der Waals surface area contributed by atoms with Crippen molar-refractivity contribution in [1.82, 2.24) is 10.6 Å². The van der Waals surface area contributed by atoms with E-state index in [1.807, 2.05) is 0 Å². The summed E-state index contributed by atoms with van der Waals surface area (Å²) < 4.78 is 21.4. The molecule has 0 aliphatic rings. The summed E-state index contributed by atoms with van der Waals surface area (Å²) in [6.45, 7) is 4.79. The number of hydrogen-bond acceptors (Lipinski definition) is 9. The highest BCUT2D eigenvalue weighted by Crippen LogP contribution is 2.34. The molecular weight excluding hydrogens is 319 g/mol. The average molecular weight is 346 g/mol. The van der Waals surface area contributed by atoms with Crippen LogP contribution in [0, 0.1) is 0 Å². The van der Waals surface area contributed by atoms with Gasteiger partial charge in [0.2, 0.25) is 0 Å². The van der Waals surface area contributed by atoms with Crippen LogP contribution in [-0.4, -0.2) is 50.8 Å². The zero-order valence-corrected chi connectivity index (χ0v) is 14.4. The van der Waals surface area contributed by atoms with Crippen LogP contribution in [0.4, 0.5) is 0 Å². The molecule has 0 heterocycles. The van der Waals surface area contributed by atoms with E-state index in [4.69, 9.17) is 19.4 Å². The summed E-state index contributed by atoms with van der Waals surface area (Å²) in [6.07, 6.45) is 1.92. The standard InChI is InChI=1S/C10H27N4O3PS2/c11-3-1-5-13-7-9-19-16-18(15)17-20-10-8-14-6-2-4-12/h13-14,18H,1-12H2. The molecule has 0 radical (unpaired) electrons. The summed E-state index contributed by atoms with van der Waals surface area (Å²) in [6, 6.07) is 0. The Morgan fingerprint density at radius 3 is 1.70 bits per heavy atom. The maximum absolute atomic E-state index is 11.3. The number of nitrogens with two attached hydrogens (primary N) is 2. The van der Waals surface area contributed by atoms with Crippen LogP contribution < -0.4 is 22.1 Å². The molecule has 7 nitrogen and oxygen atoms in total. The molecule has 0 aromatic carbocycles. The molecule has 0 aromatic heterocycles. The molecular formula is C10H27N4O3PS2. The van der Waals surface area contributed by atoms with Crippen LogP contribution in [0.25, 0.3) is 0 Å². The smallest absolute Gasteiger partial charge is 0.330 e. The van der Waals surface area contributed by atoms with E-state index in [0.29, 0.717) is 13.1 Å². The minimum atomic E-state index is -2.40. The van der Waals surface area contributed by atoms with Gasteiger partial charge < -0.3 is 22.1 Å². The van der Waals surface area contributed by atoms with E-state index in [-0.39, 0.29) is 0 Å². The van der Waals surface area contributed by atoms with E-state index in [1.54, 1.807) is 0 Å². The van der Waals surface area contributed by atoms with Crippen LogP contribution in [0.5, 0.6) is 0 Å². The Kier molecular flexibility index (Phi) is 18.4. The molecule has 0 unspecified atom stereocenters. The molecule has 10 heteroatoms. The second-order valence-corrected chi connectivity index (χ2v) is 6.97. The van der Waals surface area contributed by atoms with Crippen molar-refractivity contribution in [3.8, 4) is 0 Å². The third-order valence-corrected chi connectivity index (χ3v) is 4.87. The molecule has 122 valence electrons. The van der Waals surface area contributed by atoms with Crippen LogP contribution in [0.15, 0.2) is 0 Å². The molecule has 0 amide bonds. The van der Waals surface area contributed by atoms with Crippen LogP contribution in [0.3, 0.4) is 0 Å². The van der Waals surface area contributed by atoms with E-state index in [0.717, 1.165) is 50.5 Å². The average Bonchev–Trinajstić information content (AvgIpc) is 2.45. The van der Waals surface area contributed by atoms with Gasteiger partial charge in [-0.2, -0.15) is 0 Å². The first kappa shape index (κ1) is 20.7. The maximum Gasteiger partial charge on any atom is 0.341 e. The highest BCUT2D eigenvalue weighted by atomic mass is 32.2. The van der Waals surface area contributed by atoms with Crippen molar-refractivity contribution in [3.63, 3.8) is 0 Å². The fourth-order valence-corrected chi connectivity index (χ4v) is 3.38. The summed E-state index contributed by atoms with van der Waals surface area (Å²) >= 11 is 2.33. The van der Waals surface area contributed by atoms with Gasteiger partial charge in [-0.25, -0.2) is 7.94 Å². The van der Waals surface area contributed by atoms with Crippen LogP contribution in [0.1, 0.15) is 12.8 Å². The zero-order chi connectivity index (χ0) is 14.9. The van der Waals surface area contributed by atoms with Gasteiger partial charge in [0, 0.05) is 48.7 Å². The third kappa shape index (κ3) is 16.7. The molecule has 0 saturated carbocycles. The Morgan fingerprint density at radius 1 is 0.850 bits per heavy atom.